The van der Waals surface area contributed by atoms with E-state index in [9.17, 15) is 19.8 Å². The number of nitrogens with one attached hydrogen (secondary N) is 1. The molecule has 0 aliphatic rings. The smallest absolute Gasteiger partial charge is 0.306 e. The van der Waals surface area contributed by atoms with E-state index >= 15 is 0 Å². The first kappa shape index (κ1) is 62.1. The number of aliphatic hydroxyl groups excluding tert-OH is 2. The van der Waals surface area contributed by atoms with Gasteiger partial charge in [0.2, 0.25) is 5.91 Å². The van der Waals surface area contributed by atoms with E-state index in [2.05, 4.69) is 62.5 Å². The number of esters is 1. The average Bonchev–Trinajstić information content (AvgIpc) is 3.29. The van der Waals surface area contributed by atoms with Crippen molar-refractivity contribution in [3.8, 4) is 0 Å². The zero-order valence-electron chi connectivity index (χ0n) is 42.9. The summed E-state index contributed by atoms with van der Waals surface area (Å²) in [5.74, 6) is -0.492. The Balaban J connectivity index is 4.61. The first-order valence-electron chi connectivity index (χ1n) is 28.2. The van der Waals surface area contributed by atoms with Gasteiger partial charge in [0.25, 0.3) is 0 Å². The summed E-state index contributed by atoms with van der Waals surface area (Å²) in [6, 6.07) is -0.710. The number of unbranched alkanes of at least 4 members (excludes halogenated alkanes) is 35. The number of rotatable bonds is 51. The molecule has 1 amide bonds. The summed E-state index contributed by atoms with van der Waals surface area (Å²) in [5.41, 5.74) is 0. The van der Waals surface area contributed by atoms with Gasteiger partial charge >= 0.3 is 5.97 Å². The summed E-state index contributed by atoms with van der Waals surface area (Å²) in [5, 5.41) is 23.8. The second-order valence-corrected chi connectivity index (χ2v) is 19.4. The molecular weight excluding hydrogens is 791 g/mol. The van der Waals surface area contributed by atoms with Crippen LogP contribution in [0.15, 0.2) is 36.5 Å². The Kier molecular flexibility index (Phi) is 50.5. The second kappa shape index (κ2) is 52.1. The predicted octanol–water partition coefficient (Wildman–Crippen LogP) is 17.2. The van der Waals surface area contributed by atoms with Gasteiger partial charge in [-0.3, -0.25) is 9.59 Å². The summed E-state index contributed by atoms with van der Waals surface area (Å²) in [7, 11) is 0. The van der Waals surface area contributed by atoms with E-state index < -0.39 is 18.2 Å². The largest absolute Gasteiger partial charge is 0.462 e. The van der Waals surface area contributed by atoms with Gasteiger partial charge in [0.1, 0.15) is 6.10 Å². The SMILES string of the molecule is CCCCCCC/C=C/C=C/C=C/CCCCCC(CC(=O)NC(CO)C(O)CCCCCCCCCCCCCCC)OC(=O)CCCCCCCCCCCCCCCCCC. The lowest BCUT2D eigenvalue weighted by molar-refractivity contribution is -0.151. The summed E-state index contributed by atoms with van der Waals surface area (Å²) in [4.78, 5) is 26.2. The van der Waals surface area contributed by atoms with E-state index in [1.54, 1.807) is 0 Å². The molecule has 0 aromatic rings. The standard InChI is InChI=1S/C58H109NO5/c1-4-7-10-13-16-19-22-25-27-29-32-34-37-40-43-46-49-54(64-58(63)51-48-45-42-39-36-33-30-28-26-23-20-17-14-11-8-5-2)52-57(62)59-55(53-60)56(61)50-47-44-41-38-35-31-24-21-18-15-12-9-6-3/h22,25,27,29,32,34,54-56,60-61H,4-21,23-24,26,28,30-31,33,35-53H2,1-3H3,(H,59,62)/b25-22+,29-27+,34-32+. The van der Waals surface area contributed by atoms with Crippen molar-refractivity contribution in [2.24, 2.45) is 0 Å². The summed E-state index contributed by atoms with van der Waals surface area (Å²) in [6.45, 7) is 6.49. The lowest BCUT2D eigenvalue weighted by Gasteiger charge is -2.24. The lowest BCUT2D eigenvalue weighted by atomic mass is 10.0. The number of hydrogen-bond donors (Lipinski definition) is 3. The molecule has 3 atom stereocenters. The Morgan fingerprint density at radius 3 is 1.20 bits per heavy atom. The van der Waals surface area contributed by atoms with Crippen molar-refractivity contribution in [1.82, 2.24) is 5.32 Å². The van der Waals surface area contributed by atoms with Crippen LogP contribution in [0.25, 0.3) is 0 Å². The van der Waals surface area contributed by atoms with Crippen LogP contribution in [0.2, 0.25) is 0 Å². The highest BCUT2D eigenvalue weighted by atomic mass is 16.5. The first-order chi connectivity index (χ1) is 31.5. The van der Waals surface area contributed by atoms with Crippen molar-refractivity contribution < 1.29 is 24.5 Å². The van der Waals surface area contributed by atoms with Gasteiger partial charge in [0.05, 0.1) is 25.2 Å². The fraction of sp³-hybridized carbons (Fsp3) is 0.862. The van der Waals surface area contributed by atoms with Crippen LogP contribution in [-0.2, 0) is 14.3 Å². The van der Waals surface area contributed by atoms with E-state index in [0.717, 1.165) is 70.6 Å². The van der Waals surface area contributed by atoms with Gasteiger partial charge in [-0.2, -0.15) is 0 Å². The maximum absolute atomic E-state index is 13.2. The number of hydrogen-bond acceptors (Lipinski definition) is 5. The molecule has 0 aromatic heterocycles. The quantitative estimate of drug-likeness (QED) is 0.0321. The van der Waals surface area contributed by atoms with Gasteiger partial charge in [-0.05, 0) is 51.4 Å². The highest BCUT2D eigenvalue weighted by Crippen LogP contribution is 2.18. The molecule has 0 spiro atoms. The monoisotopic (exact) mass is 900 g/mol. The minimum Gasteiger partial charge on any atom is -0.462 e. The van der Waals surface area contributed by atoms with Crippen molar-refractivity contribution in [1.29, 1.82) is 0 Å². The van der Waals surface area contributed by atoms with Crippen molar-refractivity contribution in [3.63, 3.8) is 0 Å². The van der Waals surface area contributed by atoms with E-state index in [4.69, 9.17) is 4.74 Å². The number of ether oxygens (including phenoxy) is 1. The summed E-state index contributed by atoms with van der Waals surface area (Å²) >= 11 is 0. The number of allylic oxidation sites excluding steroid dienone is 6. The predicted molar refractivity (Wildman–Crippen MR) is 278 cm³/mol. The molecule has 0 radical (unpaired) electrons. The molecule has 0 heterocycles. The van der Waals surface area contributed by atoms with Crippen LogP contribution in [0, 0.1) is 0 Å². The first-order valence-corrected chi connectivity index (χ1v) is 28.2. The van der Waals surface area contributed by atoms with Crippen LogP contribution in [0.3, 0.4) is 0 Å². The van der Waals surface area contributed by atoms with Gasteiger partial charge < -0.3 is 20.3 Å². The number of carbonyl (C=O) groups excluding carboxylic acids is 2. The average molecular weight is 901 g/mol. The van der Waals surface area contributed by atoms with Crippen LogP contribution < -0.4 is 5.32 Å². The van der Waals surface area contributed by atoms with Crippen LogP contribution >= 0.6 is 0 Å². The number of amides is 1. The van der Waals surface area contributed by atoms with Gasteiger partial charge in [-0.25, -0.2) is 0 Å². The molecule has 3 unspecified atom stereocenters. The van der Waals surface area contributed by atoms with Crippen LogP contribution in [-0.4, -0.2) is 46.9 Å². The Bertz CT molecular complexity index is 1060. The third-order valence-electron chi connectivity index (χ3n) is 13.0. The van der Waals surface area contributed by atoms with E-state index in [0.29, 0.717) is 19.3 Å². The van der Waals surface area contributed by atoms with Crippen LogP contribution in [0.4, 0.5) is 0 Å². The van der Waals surface area contributed by atoms with Gasteiger partial charge in [0.15, 0.2) is 0 Å². The van der Waals surface area contributed by atoms with Gasteiger partial charge in [-0.1, -0.05) is 269 Å². The molecule has 6 heteroatoms. The van der Waals surface area contributed by atoms with Crippen LogP contribution in [0.5, 0.6) is 0 Å². The highest BCUT2D eigenvalue weighted by molar-refractivity contribution is 5.77. The molecule has 376 valence electrons. The van der Waals surface area contributed by atoms with Crippen molar-refractivity contribution in [2.75, 3.05) is 6.61 Å². The Hall–Kier alpha value is -1.92. The topological polar surface area (TPSA) is 95.9 Å². The van der Waals surface area contributed by atoms with Gasteiger partial charge in [0, 0.05) is 6.42 Å². The zero-order valence-corrected chi connectivity index (χ0v) is 42.9. The molecule has 0 aliphatic carbocycles. The molecule has 0 rings (SSSR count). The van der Waals surface area contributed by atoms with Gasteiger partial charge in [-0.15, -0.1) is 0 Å². The minimum absolute atomic E-state index is 0.0591. The summed E-state index contributed by atoms with van der Waals surface area (Å²) in [6.07, 6.45) is 62.0. The fourth-order valence-electron chi connectivity index (χ4n) is 8.73. The third kappa shape index (κ3) is 46.6. The van der Waals surface area contributed by atoms with Crippen molar-refractivity contribution in [2.45, 2.75) is 315 Å². The normalized spacial score (nSPS) is 13.4. The Labute approximate surface area is 398 Å². The van der Waals surface area contributed by atoms with E-state index in [1.165, 1.54) is 180 Å². The Morgan fingerprint density at radius 1 is 0.453 bits per heavy atom. The Morgan fingerprint density at radius 2 is 0.797 bits per heavy atom. The zero-order chi connectivity index (χ0) is 46.7. The molecule has 0 saturated heterocycles. The molecule has 3 N–H and O–H groups in total. The van der Waals surface area contributed by atoms with E-state index in [-0.39, 0.29) is 24.9 Å². The van der Waals surface area contributed by atoms with Crippen LogP contribution in [0.1, 0.15) is 297 Å². The molecule has 0 saturated carbocycles. The number of aliphatic hydroxyl groups is 2. The minimum atomic E-state index is -0.795. The highest BCUT2D eigenvalue weighted by Gasteiger charge is 2.24. The number of carbonyl (C=O) groups is 2. The molecule has 64 heavy (non-hydrogen) atoms. The molecule has 6 nitrogen and oxygen atoms in total. The maximum atomic E-state index is 13.2. The fourth-order valence-corrected chi connectivity index (χ4v) is 8.73. The van der Waals surface area contributed by atoms with Crippen molar-refractivity contribution in [3.05, 3.63) is 36.5 Å². The third-order valence-corrected chi connectivity index (χ3v) is 13.0. The molecule has 0 aromatic carbocycles. The maximum Gasteiger partial charge on any atom is 0.306 e. The molecular formula is C58H109NO5. The molecule has 0 aliphatic heterocycles. The van der Waals surface area contributed by atoms with Crippen molar-refractivity contribution >= 4 is 11.9 Å². The lowest BCUT2D eigenvalue weighted by Crippen LogP contribution is -2.46. The second-order valence-electron chi connectivity index (χ2n) is 19.4. The molecule has 0 fully saturated rings. The molecule has 0 bridgehead atoms. The van der Waals surface area contributed by atoms with E-state index in [1.807, 2.05) is 0 Å². The summed E-state index contributed by atoms with van der Waals surface area (Å²) < 4.78 is 5.94.